The molecule has 7 atom stereocenters. The number of esters is 1. The molecule has 4 aliphatic carbocycles. The molecule has 1 heterocycles. The quantitative estimate of drug-likeness (QED) is 0.323. The first kappa shape index (κ1) is 16.2. The van der Waals surface area contributed by atoms with Gasteiger partial charge in [0, 0.05) is 17.4 Å². The molecule has 1 N–H and O–H groups in total. The van der Waals surface area contributed by atoms with Gasteiger partial charge in [-0.15, -0.1) is 11.6 Å². The molecule has 0 unspecified atom stereocenters. The molecule has 1 aliphatic heterocycles. The van der Waals surface area contributed by atoms with Crippen LogP contribution >= 0.6 is 11.6 Å². The molecule has 1 saturated heterocycles. The van der Waals surface area contributed by atoms with Gasteiger partial charge in [-0.05, 0) is 38.3 Å². The molecule has 5 rings (SSSR count). The number of hydrogen-bond acceptors (Lipinski definition) is 5. The zero-order valence-electron chi connectivity index (χ0n) is 14.1. The molecular weight excluding hydrogens is 360 g/mol. The van der Waals surface area contributed by atoms with Gasteiger partial charge in [-0.1, -0.05) is 6.58 Å². The smallest absolute Gasteiger partial charge is 0.321 e. The molecule has 7 heteroatoms. The number of ether oxygens (including phenoxy) is 1. The number of alkyl halides is 1. The second-order valence-corrected chi connectivity index (χ2v) is 9.24. The summed E-state index contributed by atoms with van der Waals surface area (Å²) in [5, 5.41) is 10.1. The van der Waals surface area contributed by atoms with Gasteiger partial charge in [-0.3, -0.25) is 19.2 Å². The lowest BCUT2D eigenvalue weighted by Crippen LogP contribution is -2.49. The van der Waals surface area contributed by atoms with E-state index in [0.717, 1.165) is 0 Å². The molecule has 0 aromatic rings. The van der Waals surface area contributed by atoms with Crippen LogP contribution in [-0.4, -0.2) is 39.1 Å². The highest BCUT2D eigenvalue weighted by Gasteiger charge is 2.86. The third kappa shape index (κ3) is 1.29. The van der Waals surface area contributed by atoms with Crippen LogP contribution in [0.25, 0.3) is 0 Å². The Balaban J connectivity index is 1.84. The van der Waals surface area contributed by atoms with Gasteiger partial charge < -0.3 is 9.84 Å². The first-order valence-electron chi connectivity index (χ1n) is 8.69. The number of carboxylic acids is 1. The minimum absolute atomic E-state index is 0.161. The van der Waals surface area contributed by atoms with Crippen LogP contribution in [0, 0.1) is 28.6 Å². The molecule has 0 aromatic heterocycles. The van der Waals surface area contributed by atoms with E-state index in [9.17, 15) is 24.3 Å². The van der Waals surface area contributed by atoms with Crippen molar-refractivity contribution in [1.82, 2.24) is 0 Å². The second-order valence-electron chi connectivity index (χ2n) is 8.52. The van der Waals surface area contributed by atoms with Gasteiger partial charge in [0.15, 0.2) is 11.6 Å². The number of rotatable bonds is 1. The predicted octanol–water partition coefficient (Wildman–Crippen LogP) is 1.66. The summed E-state index contributed by atoms with van der Waals surface area (Å²) in [7, 11) is 0. The Labute approximate surface area is 154 Å². The maximum Gasteiger partial charge on any atom is 0.321 e. The normalized spacial score (nSPS) is 53.5. The van der Waals surface area contributed by atoms with Gasteiger partial charge in [-0.25, -0.2) is 0 Å². The molecule has 0 amide bonds. The molecule has 6 nitrogen and oxygen atoms in total. The van der Waals surface area contributed by atoms with Gasteiger partial charge in [0.2, 0.25) is 0 Å². The van der Waals surface area contributed by atoms with Crippen LogP contribution in [0.3, 0.4) is 0 Å². The monoisotopic (exact) mass is 376 g/mol. The fraction of sp³-hybridized carbons (Fsp3) is 0.579. The van der Waals surface area contributed by atoms with Crippen molar-refractivity contribution in [3.8, 4) is 0 Å². The number of carbonyl (C=O) groups excluding carboxylic acids is 3. The number of Topliss-reactive ketones (excluding diaryl/α,β-unsaturated/α-hetero) is 1. The summed E-state index contributed by atoms with van der Waals surface area (Å²) in [4.78, 5) is 50.0. The first-order chi connectivity index (χ1) is 12.1. The standard InChI is InChI=1S/C19H17ClO6/c1-8-13(22)18-7-17(8,20)5-3-9(18)19-6-4-10(21)16(2,15(25)26-19)12(19)11(18)14(23)24/h4,6,9,11-12H,1,3,5,7H2,2H3,(H,23,24)/t9-,11-,12-,16+,17+,18-,19-/m1/s1. The molecule has 0 radical (unpaired) electrons. The highest BCUT2D eigenvalue weighted by molar-refractivity contribution is 6.32. The summed E-state index contributed by atoms with van der Waals surface area (Å²) in [5.74, 6) is -5.38. The van der Waals surface area contributed by atoms with E-state index in [1.165, 1.54) is 19.1 Å². The highest BCUT2D eigenvalue weighted by Crippen LogP contribution is 2.76. The number of hydrogen-bond donors (Lipinski definition) is 1. The second kappa shape index (κ2) is 4.14. The van der Waals surface area contributed by atoms with Crippen LogP contribution in [0.15, 0.2) is 24.3 Å². The number of halogens is 1. The lowest BCUT2D eigenvalue weighted by Gasteiger charge is -2.42. The van der Waals surface area contributed by atoms with E-state index < -0.39 is 56.8 Å². The van der Waals surface area contributed by atoms with Crippen molar-refractivity contribution >= 4 is 35.1 Å². The lowest BCUT2D eigenvalue weighted by atomic mass is 9.61. The van der Waals surface area contributed by atoms with Gasteiger partial charge in [0.25, 0.3) is 0 Å². The Morgan fingerprint density at radius 2 is 2.08 bits per heavy atom. The fourth-order valence-corrected chi connectivity index (χ4v) is 7.14. The SMILES string of the molecule is C=C1C(=O)[C@]23C[C@@]1(Cl)CC[C@H]2[C@@]12C=CC(=O)[C@](C)(C(=O)O1)[C@H]2[C@@H]3C(=O)O. The van der Waals surface area contributed by atoms with E-state index in [0.29, 0.717) is 12.8 Å². The Bertz CT molecular complexity index is 890. The van der Waals surface area contributed by atoms with Crippen LogP contribution in [0.5, 0.6) is 0 Å². The predicted molar refractivity (Wildman–Crippen MR) is 88.2 cm³/mol. The molecule has 136 valence electrons. The summed E-state index contributed by atoms with van der Waals surface area (Å²) in [5.41, 5.74) is -3.89. The highest BCUT2D eigenvalue weighted by atomic mass is 35.5. The third-order valence-electron chi connectivity index (χ3n) is 7.77. The lowest BCUT2D eigenvalue weighted by molar-refractivity contribution is -0.162. The first-order valence-corrected chi connectivity index (χ1v) is 9.06. The van der Waals surface area contributed by atoms with Crippen LogP contribution in [0.1, 0.15) is 26.2 Å². The van der Waals surface area contributed by atoms with Gasteiger partial charge in [-0.2, -0.15) is 0 Å². The topological polar surface area (TPSA) is 97.7 Å². The summed E-state index contributed by atoms with van der Waals surface area (Å²) in [6.07, 6.45) is 3.90. The summed E-state index contributed by atoms with van der Waals surface area (Å²) >= 11 is 6.66. The number of ketones is 2. The van der Waals surface area contributed by atoms with E-state index in [1.54, 1.807) is 0 Å². The summed E-state index contributed by atoms with van der Waals surface area (Å²) < 4.78 is 5.75. The van der Waals surface area contributed by atoms with Crippen LogP contribution < -0.4 is 0 Å². The zero-order chi connectivity index (χ0) is 18.9. The van der Waals surface area contributed by atoms with E-state index in [1.807, 2.05) is 0 Å². The minimum atomic E-state index is -1.59. The number of carbonyl (C=O) groups is 4. The van der Waals surface area contributed by atoms with Gasteiger partial charge in [0.1, 0.15) is 11.0 Å². The number of carboxylic acid groups (broad SMARTS) is 1. The Kier molecular flexibility index (Phi) is 2.58. The van der Waals surface area contributed by atoms with Gasteiger partial charge in [0.05, 0.1) is 16.2 Å². The van der Waals surface area contributed by atoms with Crippen molar-refractivity contribution in [3.63, 3.8) is 0 Å². The van der Waals surface area contributed by atoms with Gasteiger partial charge >= 0.3 is 11.9 Å². The van der Waals surface area contributed by atoms with Crippen molar-refractivity contribution in [2.75, 3.05) is 0 Å². The Hall–Kier alpha value is -1.95. The molecule has 0 aromatic carbocycles. The van der Waals surface area contributed by atoms with Crippen LogP contribution in [0.4, 0.5) is 0 Å². The van der Waals surface area contributed by atoms with E-state index >= 15 is 0 Å². The average Bonchev–Trinajstić information content (AvgIpc) is 2.98. The molecule has 1 spiro atoms. The average molecular weight is 377 g/mol. The summed E-state index contributed by atoms with van der Waals surface area (Å²) in [6.45, 7) is 5.30. The molecule has 4 bridgehead atoms. The third-order valence-corrected chi connectivity index (χ3v) is 8.32. The fourth-order valence-electron chi connectivity index (χ4n) is 6.72. The minimum Gasteiger partial charge on any atom is -0.481 e. The number of allylic oxidation sites excluding steroid dienone is 2. The Morgan fingerprint density at radius 1 is 1.38 bits per heavy atom. The van der Waals surface area contributed by atoms with Crippen LogP contribution in [-0.2, 0) is 23.9 Å². The van der Waals surface area contributed by atoms with Crippen LogP contribution in [0.2, 0.25) is 0 Å². The van der Waals surface area contributed by atoms with Crippen molar-refractivity contribution in [2.24, 2.45) is 28.6 Å². The van der Waals surface area contributed by atoms with Crippen molar-refractivity contribution < 1.29 is 29.0 Å². The number of aliphatic carboxylic acids is 1. The molecule has 4 fully saturated rings. The maximum absolute atomic E-state index is 13.3. The largest absolute Gasteiger partial charge is 0.481 e. The molecule has 26 heavy (non-hydrogen) atoms. The Morgan fingerprint density at radius 3 is 2.73 bits per heavy atom. The van der Waals surface area contributed by atoms with Crippen molar-refractivity contribution in [3.05, 3.63) is 24.3 Å². The van der Waals surface area contributed by atoms with E-state index in [2.05, 4.69) is 6.58 Å². The summed E-state index contributed by atoms with van der Waals surface area (Å²) in [6, 6.07) is 0. The van der Waals surface area contributed by atoms with E-state index in [-0.39, 0.29) is 17.8 Å². The molecule has 3 saturated carbocycles. The number of fused-ring (bicyclic) bond motifs is 1. The van der Waals surface area contributed by atoms with Crippen molar-refractivity contribution in [1.29, 1.82) is 0 Å². The van der Waals surface area contributed by atoms with Crippen molar-refractivity contribution in [2.45, 2.75) is 36.7 Å². The zero-order valence-corrected chi connectivity index (χ0v) is 14.8. The maximum atomic E-state index is 13.3. The molecule has 5 aliphatic rings. The molecular formula is C19H17ClO6. The van der Waals surface area contributed by atoms with E-state index in [4.69, 9.17) is 16.3 Å².